The number of aliphatic hydroxyl groups is 3. The molecule has 0 saturated carbocycles. The number of hydrogen-bond acceptors (Lipinski definition) is 5. The Labute approximate surface area is 256 Å². The van der Waals surface area contributed by atoms with Gasteiger partial charge in [0.05, 0.1) is 32.3 Å². The Bertz CT molecular complexity index is 907. The maximum Gasteiger partial charge on any atom is 0.102 e. The van der Waals surface area contributed by atoms with Gasteiger partial charge >= 0.3 is 0 Å². The monoisotopic (exact) mass is 587 g/mol. The minimum Gasteiger partial charge on any atom is -0.545 e. The fourth-order valence-electron chi connectivity index (χ4n) is 5.90. The number of rotatable bonds is 25. The molecule has 240 valence electrons. The summed E-state index contributed by atoms with van der Waals surface area (Å²) in [7, 11) is 0. The van der Waals surface area contributed by atoms with Gasteiger partial charge in [-0.15, -0.1) is 0 Å². The number of carbonyl (C=O) groups excluding carboxylic acids is 1. The van der Waals surface area contributed by atoms with Gasteiger partial charge in [0.2, 0.25) is 0 Å². The lowest BCUT2D eigenvalue weighted by molar-refractivity contribution is -0.929. The molecule has 0 bridgehead atoms. The van der Waals surface area contributed by atoms with Crippen molar-refractivity contribution in [3.63, 3.8) is 0 Å². The molecule has 42 heavy (non-hydrogen) atoms. The van der Waals surface area contributed by atoms with Gasteiger partial charge in [0, 0.05) is 18.6 Å². The van der Waals surface area contributed by atoms with E-state index < -0.39 is 5.97 Å². The molecule has 6 heteroatoms. The quantitative estimate of drug-likeness (QED) is 0.0894. The molecule has 0 aromatic heterocycles. The Morgan fingerprint density at radius 2 is 1.02 bits per heavy atom. The van der Waals surface area contributed by atoms with E-state index in [4.69, 9.17) is 5.11 Å². The molecule has 0 saturated heterocycles. The molecular weight excluding hydrogens is 526 g/mol. The summed E-state index contributed by atoms with van der Waals surface area (Å²) in [4.78, 5) is 10.7. The Kier molecular flexibility index (Phi) is 23.1. The molecule has 2 aromatic rings. The van der Waals surface area contributed by atoms with Gasteiger partial charge in [0.25, 0.3) is 0 Å². The van der Waals surface area contributed by atoms with Crippen molar-refractivity contribution in [3.8, 4) is 0 Å². The van der Waals surface area contributed by atoms with Crippen molar-refractivity contribution in [2.45, 2.75) is 116 Å². The molecule has 0 heterocycles. The smallest absolute Gasteiger partial charge is 0.102 e. The van der Waals surface area contributed by atoms with E-state index in [1.54, 1.807) is 18.2 Å². The minimum absolute atomic E-state index is 0.157. The third kappa shape index (κ3) is 17.2. The zero-order chi connectivity index (χ0) is 30.7. The number of benzene rings is 2. The van der Waals surface area contributed by atoms with E-state index in [9.17, 15) is 20.1 Å². The van der Waals surface area contributed by atoms with Crippen LogP contribution < -0.4 is 5.11 Å². The molecule has 0 aliphatic heterocycles. The third-order valence-electron chi connectivity index (χ3n) is 8.43. The zero-order valence-corrected chi connectivity index (χ0v) is 26.6. The Morgan fingerprint density at radius 3 is 1.50 bits per heavy atom. The predicted octanol–water partition coefficient (Wildman–Crippen LogP) is 6.64. The van der Waals surface area contributed by atoms with E-state index in [2.05, 4.69) is 6.92 Å². The molecule has 0 aliphatic rings. The highest BCUT2D eigenvalue weighted by Gasteiger charge is 2.25. The first kappa shape index (κ1) is 38.0. The number of carboxylic acid groups (broad SMARTS) is 1. The summed E-state index contributed by atoms with van der Waals surface area (Å²) in [5.41, 5.74) is 0.248. The molecule has 0 aliphatic carbocycles. The van der Waals surface area contributed by atoms with Gasteiger partial charge in [-0.1, -0.05) is 139 Å². The molecule has 0 radical (unpaired) electrons. The average Bonchev–Trinajstić information content (AvgIpc) is 3.00. The highest BCUT2D eigenvalue weighted by atomic mass is 16.4. The van der Waals surface area contributed by atoms with Crippen molar-refractivity contribution in [1.29, 1.82) is 0 Å². The van der Waals surface area contributed by atoms with Crippen LogP contribution in [-0.2, 0) is 0 Å². The molecule has 6 nitrogen and oxygen atoms in total. The van der Waals surface area contributed by atoms with E-state index in [0.717, 1.165) is 41.2 Å². The van der Waals surface area contributed by atoms with Crippen LogP contribution in [0.3, 0.4) is 0 Å². The molecule has 2 rings (SSSR count). The first-order chi connectivity index (χ1) is 20.5. The highest BCUT2D eigenvalue weighted by Crippen LogP contribution is 2.18. The molecule has 0 spiro atoms. The van der Waals surface area contributed by atoms with Gasteiger partial charge in [-0.2, -0.15) is 0 Å². The topological polar surface area (TPSA) is 101 Å². The molecule has 3 N–H and O–H groups in total. The summed E-state index contributed by atoms with van der Waals surface area (Å²) >= 11 is 0. The summed E-state index contributed by atoms with van der Waals surface area (Å²) in [6.45, 7) is 6.04. The van der Waals surface area contributed by atoms with Crippen molar-refractivity contribution in [1.82, 2.24) is 0 Å². The lowest BCUT2D eigenvalue weighted by Crippen LogP contribution is -2.53. The second-order valence-corrected chi connectivity index (χ2v) is 11.9. The van der Waals surface area contributed by atoms with Gasteiger partial charge in [0.1, 0.15) is 13.1 Å². The van der Waals surface area contributed by atoms with Crippen molar-refractivity contribution in [2.24, 2.45) is 0 Å². The van der Waals surface area contributed by atoms with Crippen LogP contribution in [0, 0.1) is 0 Å². The fraction of sp³-hybridized carbons (Fsp3) is 0.694. The molecule has 0 fully saturated rings. The number of aliphatic hydroxyl groups excluding tert-OH is 3. The van der Waals surface area contributed by atoms with Crippen molar-refractivity contribution < 1.29 is 29.7 Å². The van der Waals surface area contributed by atoms with Gasteiger partial charge in [0.15, 0.2) is 0 Å². The van der Waals surface area contributed by atoms with Gasteiger partial charge < -0.3 is 29.7 Å². The predicted molar refractivity (Wildman–Crippen MR) is 173 cm³/mol. The Hall–Kier alpha value is -1.99. The summed E-state index contributed by atoms with van der Waals surface area (Å²) in [6, 6.07) is 12.5. The molecule has 0 atom stereocenters. The van der Waals surface area contributed by atoms with E-state index in [-0.39, 0.29) is 25.4 Å². The van der Waals surface area contributed by atoms with Crippen molar-refractivity contribution >= 4 is 16.7 Å². The van der Waals surface area contributed by atoms with Crippen LogP contribution in [0.15, 0.2) is 42.5 Å². The van der Waals surface area contributed by atoms with Crippen LogP contribution in [0.25, 0.3) is 10.8 Å². The number of quaternary nitrogens is 1. The molecule has 0 amide bonds. The van der Waals surface area contributed by atoms with Gasteiger partial charge in [-0.25, -0.2) is 0 Å². The van der Waals surface area contributed by atoms with Crippen LogP contribution in [0.2, 0.25) is 0 Å². The fourth-order valence-corrected chi connectivity index (χ4v) is 5.90. The number of hydrogen-bond donors (Lipinski definition) is 3. The van der Waals surface area contributed by atoms with Crippen LogP contribution in [0.4, 0.5) is 0 Å². The van der Waals surface area contributed by atoms with Crippen LogP contribution in [0.1, 0.15) is 126 Å². The minimum atomic E-state index is -1.13. The zero-order valence-electron chi connectivity index (χ0n) is 26.6. The number of carboxylic acids is 1. The SMILES string of the molecule is CCCCCCCCCCCCCCCCCC[N+](CCO)(CCO)CCCO.O=C([O-])c1cccc2ccccc12. The summed E-state index contributed by atoms with van der Waals surface area (Å²) in [6.07, 6.45) is 22.8. The van der Waals surface area contributed by atoms with E-state index in [1.165, 1.54) is 96.3 Å². The van der Waals surface area contributed by atoms with E-state index >= 15 is 0 Å². The molecule has 0 unspecified atom stereocenters. The second kappa shape index (κ2) is 25.5. The number of fused-ring (bicyclic) bond motifs is 1. The van der Waals surface area contributed by atoms with E-state index in [0.29, 0.717) is 13.1 Å². The van der Waals surface area contributed by atoms with Gasteiger partial charge in [-0.05, 0) is 23.6 Å². The Morgan fingerprint density at radius 1 is 0.571 bits per heavy atom. The maximum absolute atomic E-state index is 10.7. The Balaban J connectivity index is 0.000000554. The van der Waals surface area contributed by atoms with Crippen molar-refractivity contribution in [3.05, 3.63) is 48.0 Å². The first-order valence-electron chi connectivity index (χ1n) is 16.9. The van der Waals surface area contributed by atoms with E-state index in [1.807, 2.05) is 24.3 Å². The lowest BCUT2D eigenvalue weighted by Gasteiger charge is -2.38. The normalized spacial score (nSPS) is 11.4. The third-order valence-corrected chi connectivity index (χ3v) is 8.43. The van der Waals surface area contributed by atoms with Gasteiger partial charge in [-0.3, -0.25) is 0 Å². The molecule has 2 aromatic carbocycles. The molecular formula is C36H61NO5. The standard InChI is InChI=1S/C25H54NO3.C11H8O2/c1-2-3-4-5-6-7-8-9-10-11-12-13-14-15-16-17-19-26(21-24-28,22-25-29)20-18-23-27;12-11(13)10-7-3-5-8-4-1-2-6-9(8)10/h27-29H,2-25H2,1H3;1-7H,(H,12,13)/q+1;/p-1. The number of unbranched alkanes of at least 4 members (excludes halogenated alkanes) is 15. The summed E-state index contributed by atoms with van der Waals surface area (Å²) < 4.78 is 0.756. The number of carbonyl (C=O) groups is 1. The number of nitrogens with zero attached hydrogens (tertiary/aromatic N) is 1. The largest absolute Gasteiger partial charge is 0.545 e. The van der Waals surface area contributed by atoms with Crippen LogP contribution in [-0.4, -0.2) is 71.8 Å². The maximum atomic E-state index is 10.7. The van der Waals surface area contributed by atoms with Crippen molar-refractivity contribution in [2.75, 3.05) is 46.0 Å². The van der Waals surface area contributed by atoms with Crippen LogP contribution >= 0.6 is 0 Å². The first-order valence-corrected chi connectivity index (χ1v) is 16.9. The number of aromatic carboxylic acids is 1. The average molecular weight is 588 g/mol. The summed E-state index contributed by atoms with van der Waals surface area (Å²) in [5, 5.41) is 40.3. The lowest BCUT2D eigenvalue weighted by atomic mass is 10.0. The highest BCUT2D eigenvalue weighted by molar-refractivity contribution is 6.02. The van der Waals surface area contributed by atoms with Crippen LogP contribution in [0.5, 0.6) is 0 Å². The summed E-state index contributed by atoms with van der Waals surface area (Å²) in [5.74, 6) is -1.13. The second-order valence-electron chi connectivity index (χ2n) is 11.9.